The van der Waals surface area contributed by atoms with E-state index in [9.17, 15) is 9.59 Å². The molecule has 2 rings (SSSR count). The second-order valence-corrected chi connectivity index (χ2v) is 4.63. The van der Waals surface area contributed by atoms with Crippen molar-refractivity contribution in [3.63, 3.8) is 0 Å². The van der Waals surface area contributed by atoms with E-state index < -0.39 is 0 Å². The molecule has 1 aliphatic carbocycles. The molecular weight excluding hydrogens is 218 g/mol. The lowest BCUT2D eigenvalue weighted by Gasteiger charge is -2.11. The Bertz CT molecular complexity index is 481. The minimum atomic E-state index is -0.0918. The molecule has 1 fully saturated rings. The van der Waals surface area contributed by atoms with Crippen molar-refractivity contribution in [2.75, 3.05) is 5.32 Å². The van der Waals surface area contributed by atoms with Crippen LogP contribution in [0, 0.1) is 5.92 Å². The number of anilines is 1. The number of rotatable bonds is 2. The molecule has 2 unspecified atom stereocenters. The fraction of sp³-hybridized carbons (Fsp3) is 0.500. The number of hydrogen-bond donors (Lipinski definition) is 2. The van der Waals surface area contributed by atoms with Crippen LogP contribution in [0.15, 0.2) is 23.1 Å². The molecule has 1 aromatic rings. The Labute approximate surface area is 99.6 Å². The van der Waals surface area contributed by atoms with Gasteiger partial charge in [-0.1, -0.05) is 0 Å². The van der Waals surface area contributed by atoms with Crippen LogP contribution in [0.3, 0.4) is 0 Å². The molecule has 0 aromatic carbocycles. The second-order valence-electron chi connectivity index (χ2n) is 4.63. The number of carbonyl (C=O) groups excluding carboxylic acids is 1. The van der Waals surface area contributed by atoms with Gasteiger partial charge in [0.2, 0.25) is 11.5 Å². The molecule has 2 atom stereocenters. The first-order valence-electron chi connectivity index (χ1n) is 5.79. The van der Waals surface area contributed by atoms with Gasteiger partial charge < -0.3 is 15.6 Å². The Morgan fingerprint density at radius 1 is 1.47 bits per heavy atom. The third kappa shape index (κ3) is 2.74. The molecule has 92 valence electrons. The van der Waals surface area contributed by atoms with Crippen molar-refractivity contribution in [2.45, 2.75) is 25.3 Å². The molecule has 0 radical (unpaired) electrons. The van der Waals surface area contributed by atoms with E-state index in [1.54, 1.807) is 19.3 Å². The van der Waals surface area contributed by atoms with Crippen molar-refractivity contribution < 1.29 is 4.79 Å². The summed E-state index contributed by atoms with van der Waals surface area (Å²) in [5, 5.41) is 2.82. The predicted octanol–water partition coefficient (Wildman–Crippen LogP) is 0.451. The third-order valence-electron chi connectivity index (χ3n) is 3.20. The van der Waals surface area contributed by atoms with E-state index in [1.165, 1.54) is 10.6 Å². The molecule has 1 heterocycles. The Kier molecular flexibility index (Phi) is 3.28. The van der Waals surface area contributed by atoms with Gasteiger partial charge in [-0.25, -0.2) is 0 Å². The lowest BCUT2D eigenvalue weighted by atomic mass is 10.1. The largest absolute Gasteiger partial charge is 0.328 e. The highest BCUT2D eigenvalue weighted by Gasteiger charge is 2.27. The molecule has 1 aliphatic rings. The summed E-state index contributed by atoms with van der Waals surface area (Å²) in [5.41, 5.74) is 6.33. The first-order valence-corrected chi connectivity index (χ1v) is 5.79. The van der Waals surface area contributed by atoms with Crippen LogP contribution in [0.1, 0.15) is 19.3 Å². The fourth-order valence-electron chi connectivity index (χ4n) is 2.17. The third-order valence-corrected chi connectivity index (χ3v) is 3.20. The van der Waals surface area contributed by atoms with Crippen LogP contribution in [0.2, 0.25) is 0 Å². The van der Waals surface area contributed by atoms with Gasteiger partial charge in [0.1, 0.15) is 0 Å². The number of carbonyl (C=O) groups is 1. The van der Waals surface area contributed by atoms with Crippen LogP contribution in [0.25, 0.3) is 0 Å². The SMILES string of the molecule is Cn1cc(NC(=O)C2CCC(N)C2)ccc1=O. The number of pyridine rings is 1. The van der Waals surface area contributed by atoms with Gasteiger partial charge in [0.05, 0.1) is 5.69 Å². The fourth-order valence-corrected chi connectivity index (χ4v) is 2.17. The van der Waals surface area contributed by atoms with E-state index in [-0.39, 0.29) is 23.4 Å². The Morgan fingerprint density at radius 2 is 2.24 bits per heavy atom. The number of aromatic nitrogens is 1. The van der Waals surface area contributed by atoms with E-state index >= 15 is 0 Å². The number of hydrogen-bond acceptors (Lipinski definition) is 3. The van der Waals surface area contributed by atoms with Gasteiger partial charge in [0, 0.05) is 31.3 Å². The van der Waals surface area contributed by atoms with Crippen molar-refractivity contribution in [1.29, 1.82) is 0 Å². The topological polar surface area (TPSA) is 77.1 Å². The van der Waals surface area contributed by atoms with Crippen LogP contribution >= 0.6 is 0 Å². The second kappa shape index (κ2) is 4.71. The van der Waals surface area contributed by atoms with E-state index in [2.05, 4.69) is 5.32 Å². The maximum Gasteiger partial charge on any atom is 0.250 e. The Morgan fingerprint density at radius 3 is 2.82 bits per heavy atom. The molecule has 1 aromatic heterocycles. The number of nitrogens with one attached hydrogen (secondary N) is 1. The summed E-state index contributed by atoms with van der Waals surface area (Å²) in [5.74, 6) is -0.00108. The Hall–Kier alpha value is -1.62. The van der Waals surface area contributed by atoms with Crippen molar-refractivity contribution in [3.8, 4) is 0 Å². The normalized spacial score (nSPS) is 23.6. The molecule has 1 amide bonds. The van der Waals surface area contributed by atoms with Crippen LogP contribution in [0.5, 0.6) is 0 Å². The van der Waals surface area contributed by atoms with Gasteiger partial charge in [0.15, 0.2) is 0 Å². The molecule has 17 heavy (non-hydrogen) atoms. The summed E-state index contributed by atoms with van der Waals surface area (Å²) >= 11 is 0. The summed E-state index contributed by atoms with van der Waals surface area (Å²) in [4.78, 5) is 23.1. The number of aryl methyl sites for hydroxylation is 1. The molecule has 0 spiro atoms. The van der Waals surface area contributed by atoms with Crippen LogP contribution in [0.4, 0.5) is 5.69 Å². The highest BCUT2D eigenvalue weighted by molar-refractivity contribution is 5.92. The van der Waals surface area contributed by atoms with Crippen LogP contribution in [-0.2, 0) is 11.8 Å². The summed E-state index contributed by atoms with van der Waals surface area (Å²) in [6, 6.07) is 3.20. The molecule has 5 heteroatoms. The van der Waals surface area contributed by atoms with Gasteiger partial charge in [-0.3, -0.25) is 9.59 Å². The van der Waals surface area contributed by atoms with Gasteiger partial charge in [0.25, 0.3) is 0 Å². The maximum absolute atomic E-state index is 11.9. The average molecular weight is 235 g/mol. The number of nitrogens with zero attached hydrogens (tertiary/aromatic N) is 1. The minimum Gasteiger partial charge on any atom is -0.328 e. The van der Waals surface area contributed by atoms with Crippen molar-refractivity contribution >= 4 is 11.6 Å². The first kappa shape index (κ1) is 11.9. The first-order chi connectivity index (χ1) is 8.06. The zero-order valence-corrected chi connectivity index (χ0v) is 9.85. The summed E-state index contributed by atoms with van der Waals surface area (Å²) in [7, 11) is 1.66. The molecule has 0 aliphatic heterocycles. The van der Waals surface area contributed by atoms with Crippen molar-refractivity contribution in [2.24, 2.45) is 18.7 Å². The molecule has 0 saturated heterocycles. The van der Waals surface area contributed by atoms with E-state index in [4.69, 9.17) is 5.73 Å². The molecular formula is C12H17N3O2. The summed E-state index contributed by atoms with van der Waals surface area (Å²) in [6.45, 7) is 0. The van der Waals surface area contributed by atoms with Crippen LogP contribution in [-0.4, -0.2) is 16.5 Å². The monoisotopic (exact) mass is 235 g/mol. The van der Waals surface area contributed by atoms with Crippen molar-refractivity contribution in [1.82, 2.24) is 4.57 Å². The van der Waals surface area contributed by atoms with Crippen molar-refractivity contribution in [3.05, 3.63) is 28.7 Å². The number of amides is 1. The van der Waals surface area contributed by atoms with Crippen LogP contribution < -0.4 is 16.6 Å². The number of nitrogens with two attached hydrogens (primary N) is 1. The zero-order valence-electron chi connectivity index (χ0n) is 9.85. The van der Waals surface area contributed by atoms with Gasteiger partial charge >= 0.3 is 0 Å². The maximum atomic E-state index is 11.9. The Balaban J connectivity index is 2.03. The van der Waals surface area contributed by atoms with Gasteiger partial charge in [-0.05, 0) is 25.3 Å². The highest BCUT2D eigenvalue weighted by atomic mass is 16.2. The molecule has 0 bridgehead atoms. The zero-order chi connectivity index (χ0) is 12.4. The van der Waals surface area contributed by atoms with E-state index in [1.807, 2.05) is 0 Å². The van der Waals surface area contributed by atoms with E-state index in [0.717, 1.165) is 19.3 Å². The standard InChI is InChI=1S/C12H17N3O2/c1-15-7-10(4-5-11(15)16)14-12(17)8-2-3-9(13)6-8/h4-5,7-9H,2-3,6,13H2,1H3,(H,14,17). The minimum absolute atomic E-state index is 0.00207. The van der Waals surface area contributed by atoms with Gasteiger partial charge in [-0.15, -0.1) is 0 Å². The smallest absolute Gasteiger partial charge is 0.250 e. The average Bonchev–Trinajstić information content (AvgIpc) is 2.70. The summed E-state index contributed by atoms with van der Waals surface area (Å²) in [6.07, 6.45) is 4.12. The molecule has 3 N–H and O–H groups in total. The highest BCUT2D eigenvalue weighted by Crippen LogP contribution is 2.25. The lowest BCUT2D eigenvalue weighted by molar-refractivity contribution is -0.119. The predicted molar refractivity (Wildman–Crippen MR) is 65.6 cm³/mol. The summed E-state index contributed by atoms with van der Waals surface area (Å²) < 4.78 is 1.44. The van der Waals surface area contributed by atoms with Gasteiger partial charge in [-0.2, -0.15) is 0 Å². The quantitative estimate of drug-likeness (QED) is 0.781. The molecule has 5 nitrogen and oxygen atoms in total. The molecule has 1 saturated carbocycles. The lowest BCUT2D eigenvalue weighted by Crippen LogP contribution is -2.24. The van der Waals surface area contributed by atoms with E-state index in [0.29, 0.717) is 5.69 Å².